The molecule has 0 aromatic heterocycles. The van der Waals surface area contributed by atoms with Crippen molar-refractivity contribution in [3.63, 3.8) is 0 Å². The van der Waals surface area contributed by atoms with Crippen LogP contribution in [0.5, 0.6) is 5.75 Å². The van der Waals surface area contributed by atoms with Crippen molar-refractivity contribution >= 4 is 29.9 Å². The first kappa shape index (κ1) is 24.1. The summed E-state index contributed by atoms with van der Waals surface area (Å²) in [5, 5.41) is 16.3. The molecule has 0 saturated heterocycles. The van der Waals surface area contributed by atoms with Gasteiger partial charge in [0, 0.05) is 6.54 Å². The third kappa shape index (κ3) is 7.97. The van der Waals surface area contributed by atoms with E-state index in [0.717, 1.165) is 0 Å². The second-order valence-corrected chi connectivity index (χ2v) is 6.03. The Balaban J connectivity index is 0.00000392. The van der Waals surface area contributed by atoms with Crippen LogP contribution in [-0.2, 0) is 0 Å². The van der Waals surface area contributed by atoms with E-state index in [1.54, 1.807) is 18.2 Å². The summed E-state index contributed by atoms with van der Waals surface area (Å²) in [7, 11) is 0. The molecule has 0 aliphatic rings. The highest BCUT2D eigenvalue weighted by Crippen LogP contribution is 2.17. The van der Waals surface area contributed by atoms with Gasteiger partial charge in [0.25, 0.3) is 0 Å². The number of guanidine groups is 1. The predicted octanol–water partition coefficient (Wildman–Crippen LogP) is 3.64. The Bertz CT molecular complexity index is 744. The summed E-state index contributed by atoms with van der Waals surface area (Å²) < 4.78 is 32.2. The first-order valence-corrected chi connectivity index (χ1v) is 8.86. The van der Waals surface area contributed by atoms with Crippen LogP contribution < -0.4 is 15.4 Å². The van der Waals surface area contributed by atoms with Gasteiger partial charge in [-0.3, -0.25) is 4.99 Å². The molecular weight excluding hydrogens is 479 g/mol. The number of hydrogen-bond acceptors (Lipinski definition) is 3. The molecule has 8 heteroatoms. The minimum atomic E-state index is -0.840. The SMILES string of the molecule is CCNC(=NCC(O)c1ccc(F)cc1)NCC(C)Oc1ccccc1F.I. The number of aliphatic hydroxyl groups excluding tert-OH is 1. The second-order valence-electron chi connectivity index (χ2n) is 6.03. The van der Waals surface area contributed by atoms with Crippen LogP contribution in [0.15, 0.2) is 53.5 Å². The lowest BCUT2D eigenvalue weighted by Crippen LogP contribution is -2.42. The van der Waals surface area contributed by atoms with Crippen molar-refractivity contribution in [2.45, 2.75) is 26.1 Å². The van der Waals surface area contributed by atoms with Crippen LogP contribution >= 0.6 is 24.0 Å². The summed E-state index contributed by atoms with van der Waals surface area (Å²) in [6.45, 7) is 4.89. The predicted molar refractivity (Wildman–Crippen MR) is 117 cm³/mol. The zero-order chi connectivity index (χ0) is 19.6. The van der Waals surface area contributed by atoms with Gasteiger partial charge < -0.3 is 20.5 Å². The van der Waals surface area contributed by atoms with Gasteiger partial charge in [0.15, 0.2) is 17.5 Å². The van der Waals surface area contributed by atoms with Crippen LogP contribution in [0.25, 0.3) is 0 Å². The van der Waals surface area contributed by atoms with E-state index in [1.165, 1.54) is 30.3 Å². The zero-order valence-corrected chi connectivity index (χ0v) is 18.2. The van der Waals surface area contributed by atoms with Gasteiger partial charge in [0.05, 0.1) is 19.2 Å². The summed E-state index contributed by atoms with van der Waals surface area (Å²) in [6.07, 6.45) is -1.14. The molecule has 5 nitrogen and oxygen atoms in total. The first-order chi connectivity index (χ1) is 13.0. The number of ether oxygens (including phenoxy) is 1. The fourth-order valence-corrected chi connectivity index (χ4v) is 2.35. The maximum atomic E-state index is 13.6. The lowest BCUT2D eigenvalue weighted by atomic mass is 10.1. The third-order valence-electron chi connectivity index (χ3n) is 3.74. The van der Waals surface area contributed by atoms with Gasteiger partial charge in [-0.25, -0.2) is 8.78 Å². The Hall–Kier alpha value is -1.94. The number of aliphatic imine (C=N–C) groups is 1. The number of halogens is 3. The van der Waals surface area contributed by atoms with Gasteiger partial charge in [-0.05, 0) is 43.7 Å². The van der Waals surface area contributed by atoms with E-state index in [4.69, 9.17) is 4.74 Å². The number of para-hydroxylation sites is 1. The van der Waals surface area contributed by atoms with E-state index in [-0.39, 0.29) is 48.2 Å². The summed E-state index contributed by atoms with van der Waals surface area (Å²) in [6, 6.07) is 11.9. The summed E-state index contributed by atoms with van der Waals surface area (Å²) >= 11 is 0. The molecule has 0 saturated carbocycles. The van der Waals surface area contributed by atoms with Gasteiger partial charge in [0.1, 0.15) is 11.9 Å². The summed E-state index contributed by atoms with van der Waals surface area (Å²) in [4.78, 5) is 4.33. The Morgan fingerprint density at radius 1 is 1.11 bits per heavy atom. The normalized spacial score (nSPS) is 13.2. The average molecular weight is 505 g/mol. The van der Waals surface area contributed by atoms with E-state index in [9.17, 15) is 13.9 Å². The Morgan fingerprint density at radius 3 is 2.43 bits per heavy atom. The molecule has 0 amide bonds. The molecule has 0 radical (unpaired) electrons. The molecule has 0 aliphatic carbocycles. The van der Waals surface area contributed by atoms with E-state index in [2.05, 4.69) is 15.6 Å². The molecule has 0 heterocycles. The molecule has 2 rings (SSSR count). The molecule has 0 bridgehead atoms. The van der Waals surface area contributed by atoms with Crippen molar-refractivity contribution in [3.05, 3.63) is 65.7 Å². The minimum Gasteiger partial charge on any atom is -0.486 e. The molecule has 3 N–H and O–H groups in total. The number of rotatable bonds is 8. The van der Waals surface area contributed by atoms with Gasteiger partial charge in [-0.15, -0.1) is 24.0 Å². The standard InChI is InChI=1S/C20H25F2N3O2.HI/c1-3-23-20(25-13-18(26)15-8-10-16(21)11-9-15)24-12-14(2)27-19-7-5-4-6-17(19)22;/h4-11,14,18,26H,3,12-13H2,1-2H3,(H2,23,24,25);1H. The molecule has 0 spiro atoms. The van der Waals surface area contributed by atoms with Gasteiger partial charge >= 0.3 is 0 Å². The smallest absolute Gasteiger partial charge is 0.191 e. The maximum absolute atomic E-state index is 13.6. The van der Waals surface area contributed by atoms with Crippen molar-refractivity contribution < 1.29 is 18.6 Å². The van der Waals surface area contributed by atoms with Crippen molar-refractivity contribution in [2.75, 3.05) is 19.6 Å². The van der Waals surface area contributed by atoms with Crippen LogP contribution in [0.3, 0.4) is 0 Å². The van der Waals surface area contributed by atoms with Crippen molar-refractivity contribution in [1.29, 1.82) is 0 Å². The lowest BCUT2D eigenvalue weighted by molar-refractivity contribution is 0.187. The Morgan fingerprint density at radius 2 is 1.79 bits per heavy atom. The molecule has 2 unspecified atom stereocenters. The monoisotopic (exact) mass is 505 g/mol. The van der Waals surface area contributed by atoms with Gasteiger partial charge in [0.2, 0.25) is 0 Å². The highest BCUT2D eigenvalue weighted by molar-refractivity contribution is 14.0. The van der Waals surface area contributed by atoms with Crippen molar-refractivity contribution in [3.8, 4) is 5.75 Å². The first-order valence-electron chi connectivity index (χ1n) is 8.86. The highest BCUT2D eigenvalue weighted by atomic mass is 127. The zero-order valence-electron chi connectivity index (χ0n) is 15.9. The van der Waals surface area contributed by atoms with Crippen LogP contribution in [0.1, 0.15) is 25.5 Å². The van der Waals surface area contributed by atoms with E-state index in [1.807, 2.05) is 13.8 Å². The number of benzene rings is 2. The molecule has 28 heavy (non-hydrogen) atoms. The van der Waals surface area contributed by atoms with Crippen molar-refractivity contribution in [1.82, 2.24) is 10.6 Å². The number of hydrogen-bond donors (Lipinski definition) is 3. The van der Waals surface area contributed by atoms with Crippen molar-refractivity contribution in [2.24, 2.45) is 4.99 Å². The largest absolute Gasteiger partial charge is 0.486 e. The van der Waals surface area contributed by atoms with Gasteiger partial charge in [-0.2, -0.15) is 0 Å². The van der Waals surface area contributed by atoms with Crippen LogP contribution in [-0.4, -0.2) is 36.8 Å². The molecule has 0 fully saturated rings. The van der Waals surface area contributed by atoms with E-state index >= 15 is 0 Å². The van der Waals surface area contributed by atoms with Crippen LogP contribution in [0.4, 0.5) is 8.78 Å². The molecule has 2 atom stereocenters. The van der Waals surface area contributed by atoms with Crippen LogP contribution in [0.2, 0.25) is 0 Å². The summed E-state index contributed by atoms with van der Waals surface area (Å²) in [5.74, 6) is -0.0660. The summed E-state index contributed by atoms with van der Waals surface area (Å²) in [5.41, 5.74) is 0.590. The topological polar surface area (TPSA) is 65.9 Å². The highest BCUT2D eigenvalue weighted by Gasteiger charge is 2.10. The molecule has 0 aliphatic heterocycles. The van der Waals surface area contributed by atoms with Crippen LogP contribution in [0, 0.1) is 11.6 Å². The third-order valence-corrected chi connectivity index (χ3v) is 3.74. The maximum Gasteiger partial charge on any atom is 0.191 e. The number of aliphatic hydroxyl groups is 1. The fourth-order valence-electron chi connectivity index (χ4n) is 2.35. The molecular formula is C20H26F2IN3O2. The minimum absolute atomic E-state index is 0. The quantitative estimate of drug-likeness (QED) is 0.291. The van der Waals surface area contributed by atoms with E-state index < -0.39 is 11.9 Å². The molecule has 2 aromatic rings. The lowest BCUT2D eigenvalue weighted by Gasteiger charge is -2.18. The Labute approximate surface area is 181 Å². The fraction of sp³-hybridized carbons (Fsp3) is 0.350. The Kier molecular flexibility index (Phi) is 10.8. The molecule has 154 valence electrons. The van der Waals surface area contributed by atoms with Gasteiger partial charge in [-0.1, -0.05) is 24.3 Å². The number of nitrogens with one attached hydrogen (secondary N) is 2. The molecule has 2 aromatic carbocycles. The average Bonchev–Trinajstić information content (AvgIpc) is 2.66. The number of nitrogens with zero attached hydrogens (tertiary/aromatic N) is 1. The van der Waals surface area contributed by atoms with E-state index in [0.29, 0.717) is 24.6 Å². The second kappa shape index (κ2) is 12.5.